The number of hydrogen-bond donors (Lipinski definition) is 1. The van der Waals surface area contributed by atoms with E-state index in [4.69, 9.17) is 4.74 Å². The number of hydrogen-bond acceptors (Lipinski definition) is 4. The van der Waals surface area contributed by atoms with Gasteiger partial charge in [0.25, 0.3) is 5.69 Å². The molecule has 0 spiro atoms. The van der Waals surface area contributed by atoms with Crippen LogP contribution in [0.3, 0.4) is 0 Å². The van der Waals surface area contributed by atoms with Gasteiger partial charge in [-0.1, -0.05) is 18.2 Å². The number of anilines is 1. The Morgan fingerprint density at radius 2 is 2.00 bits per heavy atom. The Kier molecular flexibility index (Phi) is 4.42. The van der Waals surface area contributed by atoms with Crippen molar-refractivity contribution in [2.75, 3.05) is 12.4 Å². The highest BCUT2D eigenvalue weighted by molar-refractivity contribution is 5.53. The molecule has 2 rings (SSSR count). The predicted molar refractivity (Wildman–Crippen MR) is 82.9 cm³/mol. The molecule has 5 heteroatoms. The molecular weight excluding hydrogens is 268 g/mol. The summed E-state index contributed by atoms with van der Waals surface area (Å²) in [5, 5.41) is 14.1. The largest absolute Gasteiger partial charge is 0.496 e. The second kappa shape index (κ2) is 6.26. The van der Waals surface area contributed by atoms with Crippen LogP contribution in [-0.4, -0.2) is 12.0 Å². The molecule has 0 aliphatic rings. The molecule has 1 unspecified atom stereocenters. The minimum atomic E-state index is -0.400. The van der Waals surface area contributed by atoms with E-state index in [-0.39, 0.29) is 11.7 Å². The van der Waals surface area contributed by atoms with Crippen molar-refractivity contribution in [1.29, 1.82) is 0 Å². The number of non-ortho nitro benzene ring substituents is 1. The van der Waals surface area contributed by atoms with Crippen molar-refractivity contribution >= 4 is 11.4 Å². The Labute approximate surface area is 123 Å². The number of aryl methyl sites for hydroxylation is 1. The Balaban J connectivity index is 2.23. The summed E-state index contributed by atoms with van der Waals surface area (Å²) < 4.78 is 5.40. The van der Waals surface area contributed by atoms with Gasteiger partial charge in [-0.3, -0.25) is 10.1 Å². The number of nitro groups is 1. The molecule has 2 aromatic rings. The lowest BCUT2D eigenvalue weighted by molar-refractivity contribution is -0.384. The lowest BCUT2D eigenvalue weighted by atomic mass is 10.0. The average molecular weight is 286 g/mol. The molecule has 0 radical (unpaired) electrons. The van der Waals surface area contributed by atoms with Gasteiger partial charge in [0, 0.05) is 23.4 Å². The normalized spacial score (nSPS) is 11.8. The zero-order valence-electron chi connectivity index (χ0n) is 12.3. The van der Waals surface area contributed by atoms with Gasteiger partial charge >= 0.3 is 0 Å². The van der Waals surface area contributed by atoms with E-state index >= 15 is 0 Å². The number of nitro benzene ring substituents is 1. The Morgan fingerprint density at radius 3 is 2.67 bits per heavy atom. The summed E-state index contributed by atoms with van der Waals surface area (Å²) in [6, 6.07) is 12.4. The van der Waals surface area contributed by atoms with Gasteiger partial charge in [0.15, 0.2) is 0 Å². The first kappa shape index (κ1) is 14.8. The maximum absolute atomic E-state index is 10.8. The number of methoxy groups -OCH3 is 1. The van der Waals surface area contributed by atoms with Crippen LogP contribution >= 0.6 is 0 Å². The number of ether oxygens (including phenoxy) is 1. The summed E-state index contributed by atoms with van der Waals surface area (Å²) in [5.74, 6) is 0.806. The highest BCUT2D eigenvalue weighted by Gasteiger charge is 2.13. The molecule has 0 amide bonds. The van der Waals surface area contributed by atoms with Crippen molar-refractivity contribution in [3.63, 3.8) is 0 Å². The van der Waals surface area contributed by atoms with E-state index in [1.54, 1.807) is 13.2 Å². The molecule has 0 fully saturated rings. The molecule has 110 valence electrons. The van der Waals surface area contributed by atoms with E-state index in [9.17, 15) is 10.1 Å². The zero-order valence-corrected chi connectivity index (χ0v) is 12.3. The number of nitrogens with one attached hydrogen (secondary N) is 1. The van der Waals surface area contributed by atoms with Crippen LogP contribution in [0.15, 0.2) is 42.5 Å². The highest BCUT2D eigenvalue weighted by atomic mass is 16.6. The van der Waals surface area contributed by atoms with E-state index in [0.717, 1.165) is 16.9 Å². The quantitative estimate of drug-likeness (QED) is 0.664. The lowest BCUT2D eigenvalue weighted by Gasteiger charge is -2.18. The van der Waals surface area contributed by atoms with Crippen molar-refractivity contribution in [1.82, 2.24) is 0 Å². The molecule has 1 atom stereocenters. The molecule has 0 aromatic heterocycles. The van der Waals surface area contributed by atoms with E-state index < -0.39 is 4.92 Å². The van der Waals surface area contributed by atoms with E-state index in [1.165, 1.54) is 12.1 Å². The van der Waals surface area contributed by atoms with Crippen LogP contribution in [0.25, 0.3) is 0 Å². The molecule has 0 saturated carbocycles. The second-order valence-corrected chi connectivity index (χ2v) is 4.92. The number of rotatable bonds is 5. The van der Waals surface area contributed by atoms with Crippen molar-refractivity contribution < 1.29 is 9.66 Å². The van der Waals surface area contributed by atoms with Gasteiger partial charge < -0.3 is 10.1 Å². The molecule has 2 aromatic carbocycles. The first-order valence-electron chi connectivity index (χ1n) is 6.67. The van der Waals surface area contributed by atoms with Crippen LogP contribution in [0.2, 0.25) is 0 Å². The molecule has 21 heavy (non-hydrogen) atoms. The van der Waals surface area contributed by atoms with Crippen LogP contribution in [-0.2, 0) is 0 Å². The van der Waals surface area contributed by atoms with Crippen LogP contribution in [0.1, 0.15) is 24.1 Å². The van der Waals surface area contributed by atoms with Gasteiger partial charge in [0.05, 0.1) is 18.1 Å². The molecule has 5 nitrogen and oxygen atoms in total. The fraction of sp³-hybridized carbons (Fsp3) is 0.250. The van der Waals surface area contributed by atoms with Crippen molar-refractivity contribution in [3.05, 3.63) is 63.7 Å². The minimum Gasteiger partial charge on any atom is -0.496 e. The number of benzene rings is 2. The first-order chi connectivity index (χ1) is 10.0. The molecule has 1 N–H and O–H groups in total. The van der Waals surface area contributed by atoms with E-state index in [2.05, 4.69) is 5.32 Å². The summed E-state index contributed by atoms with van der Waals surface area (Å²) in [6.07, 6.45) is 0. The minimum absolute atomic E-state index is 0.0254. The summed E-state index contributed by atoms with van der Waals surface area (Å²) in [6.45, 7) is 4.00. The van der Waals surface area contributed by atoms with Crippen LogP contribution in [0.5, 0.6) is 5.75 Å². The van der Waals surface area contributed by atoms with Crippen LogP contribution in [0, 0.1) is 17.0 Å². The van der Waals surface area contributed by atoms with Gasteiger partial charge in [0.2, 0.25) is 0 Å². The average Bonchev–Trinajstić information content (AvgIpc) is 2.47. The lowest BCUT2D eigenvalue weighted by Crippen LogP contribution is -2.08. The van der Waals surface area contributed by atoms with Gasteiger partial charge in [-0.15, -0.1) is 0 Å². The zero-order chi connectivity index (χ0) is 15.4. The monoisotopic (exact) mass is 286 g/mol. The summed E-state index contributed by atoms with van der Waals surface area (Å²) in [7, 11) is 1.64. The van der Waals surface area contributed by atoms with E-state index in [0.29, 0.717) is 5.69 Å². The summed E-state index contributed by atoms with van der Waals surface area (Å²) in [4.78, 5) is 10.4. The summed E-state index contributed by atoms with van der Waals surface area (Å²) >= 11 is 0. The van der Waals surface area contributed by atoms with E-state index in [1.807, 2.05) is 38.1 Å². The predicted octanol–water partition coefficient (Wildman–Crippen LogP) is 4.08. The standard InChI is InChI=1S/C16H18N2O3/c1-11-7-8-15(16(9-11)21-3)12(2)17-13-5-4-6-14(10-13)18(19)20/h4-10,12,17H,1-3H3. The Hall–Kier alpha value is -2.56. The maximum atomic E-state index is 10.8. The van der Waals surface area contributed by atoms with Crippen molar-refractivity contribution in [2.45, 2.75) is 19.9 Å². The molecule has 0 saturated heterocycles. The molecule has 0 bridgehead atoms. The fourth-order valence-corrected chi connectivity index (χ4v) is 2.21. The molecule has 0 aliphatic carbocycles. The van der Waals surface area contributed by atoms with Gasteiger partial charge in [-0.25, -0.2) is 0 Å². The second-order valence-electron chi connectivity index (χ2n) is 4.92. The third-order valence-corrected chi connectivity index (χ3v) is 3.30. The highest BCUT2D eigenvalue weighted by Crippen LogP contribution is 2.29. The van der Waals surface area contributed by atoms with Crippen molar-refractivity contribution in [3.8, 4) is 5.75 Å². The Bertz CT molecular complexity index is 656. The van der Waals surface area contributed by atoms with Gasteiger partial charge in [0.1, 0.15) is 5.75 Å². The van der Waals surface area contributed by atoms with Crippen LogP contribution in [0.4, 0.5) is 11.4 Å². The molecule has 0 heterocycles. The molecular formula is C16H18N2O3. The van der Waals surface area contributed by atoms with Crippen molar-refractivity contribution in [2.24, 2.45) is 0 Å². The smallest absolute Gasteiger partial charge is 0.271 e. The van der Waals surface area contributed by atoms with Gasteiger partial charge in [-0.05, 0) is 31.5 Å². The SMILES string of the molecule is COc1cc(C)ccc1C(C)Nc1cccc([N+](=O)[O-])c1. The fourth-order valence-electron chi connectivity index (χ4n) is 2.21. The maximum Gasteiger partial charge on any atom is 0.271 e. The third-order valence-electron chi connectivity index (χ3n) is 3.30. The van der Waals surface area contributed by atoms with Gasteiger partial charge in [-0.2, -0.15) is 0 Å². The summed E-state index contributed by atoms with van der Waals surface area (Å²) in [5.41, 5.74) is 2.91. The topological polar surface area (TPSA) is 64.4 Å². The first-order valence-corrected chi connectivity index (χ1v) is 6.67. The Morgan fingerprint density at radius 1 is 1.24 bits per heavy atom. The third kappa shape index (κ3) is 3.51. The molecule has 0 aliphatic heterocycles. The number of nitrogens with zero attached hydrogens (tertiary/aromatic N) is 1. The van der Waals surface area contributed by atoms with Crippen LogP contribution < -0.4 is 10.1 Å².